The molecule has 3 aromatic carbocycles. The van der Waals surface area contributed by atoms with Crippen molar-refractivity contribution >= 4 is 10.9 Å². The van der Waals surface area contributed by atoms with Gasteiger partial charge >= 0.3 is 6.18 Å². The van der Waals surface area contributed by atoms with Crippen molar-refractivity contribution in [2.45, 2.75) is 6.18 Å². The van der Waals surface area contributed by atoms with E-state index < -0.39 is 11.7 Å². The fraction of sp³-hybridized carbons (Fsp3) is 0.0455. The maximum absolute atomic E-state index is 12.7. The van der Waals surface area contributed by atoms with Crippen LogP contribution in [0.1, 0.15) is 5.56 Å². The fourth-order valence-electron chi connectivity index (χ4n) is 2.94. The molecule has 0 bridgehead atoms. The first-order valence-electron chi connectivity index (χ1n) is 8.13. The Morgan fingerprint density at radius 1 is 0.615 bits per heavy atom. The SMILES string of the molecule is FC(F)(F)c1ccc(-c2ccc(-c3cnc4ccccc4c3)cc2)cc1. The van der Waals surface area contributed by atoms with E-state index in [4.69, 9.17) is 0 Å². The number of para-hydroxylation sites is 1. The van der Waals surface area contributed by atoms with Crippen molar-refractivity contribution in [3.63, 3.8) is 0 Å². The minimum absolute atomic E-state index is 0.639. The van der Waals surface area contributed by atoms with Crippen LogP contribution in [-0.4, -0.2) is 4.98 Å². The molecule has 0 saturated carbocycles. The minimum Gasteiger partial charge on any atom is -0.256 e. The summed E-state index contributed by atoms with van der Waals surface area (Å²) in [6.07, 6.45) is -2.49. The monoisotopic (exact) mass is 349 g/mol. The zero-order valence-electron chi connectivity index (χ0n) is 13.7. The molecule has 1 nitrogen and oxygen atoms in total. The molecular weight excluding hydrogens is 335 g/mol. The maximum Gasteiger partial charge on any atom is 0.416 e. The molecule has 1 aromatic heterocycles. The molecule has 0 atom stereocenters. The van der Waals surface area contributed by atoms with E-state index in [9.17, 15) is 13.2 Å². The summed E-state index contributed by atoms with van der Waals surface area (Å²) in [5.41, 5.74) is 3.94. The van der Waals surface area contributed by atoms with Gasteiger partial charge in [-0.25, -0.2) is 0 Å². The van der Waals surface area contributed by atoms with Crippen LogP contribution in [0.3, 0.4) is 0 Å². The number of pyridine rings is 1. The Morgan fingerprint density at radius 2 is 1.15 bits per heavy atom. The molecule has 0 N–H and O–H groups in total. The number of alkyl halides is 3. The van der Waals surface area contributed by atoms with Gasteiger partial charge in [-0.3, -0.25) is 4.98 Å². The second-order valence-electron chi connectivity index (χ2n) is 6.07. The van der Waals surface area contributed by atoms with Gasteiger partial charge in [0.2, 0.25) is 0 Å². The molecule has 0 spiro atoms. The highest BCUT2D eigenvalue weighted by atomic mass is 19.4. The maximum atomic E-state index is 12.7. The van der Waals surface area contributed by atoms with Crippen molar-refractivity contribution in [1.82, 2.24) is 4.98 Å². The van der Waals surface area contributed by atoms with Gasteiger partial charge in [-0.15, -0.1) is 0 Å². The lowest BCUT2D eigenvalue weighted by Crippen LogP contribution is -2.03. The van der Waals surface area contributed by atoms with Gasteiger partial charge in [0.1, 0.15) is 0 Å². The molecule has 0 aliphatic heterocycles. The van der Waals surface area contributed by atoms with Gasteiger partial charge in [0, 0.05) is 17.1 Å². The molecule has 0 aliphatic carbocycles. The Bertz CT molecular complexity index is 1050. The lowest BCUT2D eigenvalue weighted by molar-refractivity contribution is -0.137. The standard InChI is InChI=1S/C22H14F3N/c23-22(24,25)20-11-9-16(10-12-20)15-5-7-17(8-6-15)19-13-18-3-1-2-4-21(18)26-14-19/h1-14H. The number of hydrogen-bond donors (Lipinski definition) is 0. The zero-order chi connectivity index (χ0) is 18.1. The predicted molar refractivity (Wildman–Crippen MR) is 97.6 cm³/mol. The Balaban J connectivity index is 1.63. The third kappa shape index (κ3) is 3.18. The first-order valence-corrected chi connectivity index (χ1v) is 8.13. The van der Waals surface area contributed by atoms with E-state index in [1.807, 2.05) is 54.7 Å². The molecule has 4 aromatic rings. The van der Waals surface area contributed by atoms with Crippen LogP contribution in [0.4, 0.5) is 13.2 Å². The van der Waals surface area contributed by atoms with E-state index in [1.165, 1.54) is 12.1 Å². The number of rotatable bonds is 2. The number of fused-ring (bicyclic) bond motifs is 1. The van der Waals surface area contributed by atoms with Crippen LogP contribution in [0.15, 0.2) is 85.1 Å². The first-order chi connectivity index (χ1) is 12.5. The average molecular weight is 349 g/mol. The summed E-state index contributed by atoms with van der Waals surface area (Å²) in [5, 5.41) is 1.07. The quantitative estimate of drug-likeness (QED) is 0.398. The van der Waals surface area contributed by atoms with E-state index in [1.54, 1.807) is 0 Å². The summed E-state index contributed by atoms with van der Waals surface area (Å²) in [7, 11) is 0. The Kier molecular flexibility index (Phi) is 3.96. The van der Waals surface area contributed by atoms with Gasteiger partial charge in [0.25, 0.3) is 0 Å². The van der Waals surface area contributed by atoms with Gasteiger partial charge in [0.15, 0.2) is 0 Å². The predicted octanol–water partition coefficient (Wildman–Crippen LogP) is 6.59. The second-order valence-corrected chi connectivity index (χ2v) is 6.07. The van der Waals surface area contributed by atoms with Gasteiger partial charge in [-0.2, -0.15) is 13.2 Å². The van der Waals surface area contributed by atoms with Crippen molar-refractivity contribution < 1.29 is 13.2 Å². The molecule has 4 rings (SSSR count). The third-order valence-electron chi connectivity index (χ3n) is 4.35. The van der Waals surface area contributed by atoms with E-state index in [2.05, 4.69) is 11.1 Å². The number of halogens is 3. The van der Waals surface area contributed by atoms with Gasteiger partial charge < -0.3 is 0 Å². The van der Waals surface area contributed by atoms with Crippen LogP contribution < -0.4 is 0 Å². The molecule has 4 heteroatoms. The Hall–Kier alpha value is -3.14. The number of hydrogen-bond acceptors (Lipinski definition) is 1. The van der Waals surface area contributed by atoms with Crippen LogP contribution in [0, 0.1) is 0 Å². The number of aromatic nitrogens is 1. The highest BCUT2D eigenvalue weighted by Gasteiger charge is 2.29. The molecule has 0 unspecified atom stereocenters. The van der Waals surface area contributed by atoms with E-state index >= 15 is 0 Å². The van der Waals surface area contributed by atoms with Crippen LogP contribution >= 0.6 is 0 Å². The third-order valence-corrected chi connectivity index (χ3v) is 4.35. The molecular formula is C22H14F3N. The number of benzene rings is 3. The van der Waals surface area contributed by atoms with Crippen molar-refractivity contribution in [2.24, 2.45) is 0 Å². The van der Waals surface area contributed by atoms with Gasteiger partial charge in [0.05, 0.1) is 11.1 Å². The molecule has 0 saturated heterocycles. The Morgan fingerprint density at radius 3 is 1.77 bits per heavy atom. The van der Waals surface area contributed by atoms with Gasteiger partial charge in [-0.1, -0.05) is 54.6 Å². The summed E-state index contributed by atoms with van der Waals surface area (Å²) in [6, 6.07) is 22.9. The molecule has 1 heterocycles. The highest BCUT2D eigenvalue weighted by Crippen LogP contribution is 2.31. The summed E-state index contributed by atoms with van der Waals surface area (Å²) in [5.74, 6) is 0. The van der Waals surface area contributed by atoms with Crippen molar-refractivity contribution in [3.05, 3.63) is 90.6 Å². The molecule has 0 radical (unpaired) electrons. The summed E-state index contributed by atoms with van der Waals surface area (Å²) in [6.45, 7) is 0. The molecule has 26 heavy (non-hydrogen) atoms. The largest absolute Gasteiger partial charge is 0.416 e. The van der Waals surface area contributed by atoms with E-state index in [0.717, 1.165) is 45.3 Å². The summed E-state index contributed by atoms with van der Waals surface area (Å²) < 4.78 is 38.0. The Labute approximate surface area is 148 Å². The van der Waals surface area contributed by atoms with Crippen LogP contribution in [-0.2, 0) is 6.18 Å². The highest BCUT2D eigenvalue weighted by molar-refractivity contribution is 5.83. The van der Waals surface area contributed by atoms with Crippen LogP contribution in [0.5, 0.6) is 0 Å². The summed E-state index contributed by atoms with van der Waals surface area (Å²) in [4.78, 5) is 4.46. The van der Waals surface area contributed by atoms with Crippen molar-refractivity contribution in [3.8, 4) is 22.3 Å². The fourth-order valence-corrected chi connectivity index (χ4v) is 2.94. The molecule has 128 valence electrons. The van der Waals surface area contributed by atoms with E-state index in [0.29, 0.717) is 0 Å². The topological polar surface area (TPSA) is 12.9 Å². The summed E-state index contributed by atoms with van der Waals surface area (Å²) >= 11 is 0. The average Bonchev–Trinajstić information content (AvgIpc) is 2.67. The molecule has 0 amide bonds. The lowest BCUT2D eigenvalue weighted by atomic mass is 9.99. The van der Waals surface area contributed by atoms with Crippen molar-refractivity contribution in [1.29, 1.82) is 0 Å². The van der Waals surface area contributed by atoms with Gasteiger partial charge in [-0.05, 0) is 41.0 Å². The van der Waals surface area contributed by atoms with Crippen molar-refractivity contribution in [2.75, 3.05) is 0 Å². The smallest absolute Gasteiger partial charge is 0.256 e. The van der Waals surface area contributed by atoms with Crippen LogP contribution in [0.2, 0.25) is 0 Å². The molecule has 0 aliphatic rings. The van der Waals surface area contributed by atoms with E-state index in [-0.39, 0.29) is 0 Å². The zero-order valence-corrected chi connectivity index (χ0v) is 13.7. The minimum atomic E-state index is -4.31. The normalized spacial score (nSPS) is 11.7. The first kappa shape index (κ1) is 16.3. The lowest BCUT2D eigenvalue weighted by Gasteiger charge is -2.09. The molecule has 0 fully saturated rings. The second kappa shape index (κ2) is 6.30. The number of nitrogens with zero attached hydrogens (tertiary/aromatic N) is 1. The van der Waals surface area contributed by atoms with Crippen LogP contribution in [0.25, 0.3) is 33.2 Å².